The van der Waals surface area contributed by atoms with Crippen molar-refractivity contribution in [3.63, 3.8) is 0 Å². The summed E-state index contributed by atoms with van der Waals surface area (Å²) in [7, 11) is 0. The Bertz CT molecular complexity index is 679. The number of carbonyl (C=O) groups is 1. The average molecular weight is 346 g/mol. The average Bonchev–Trinajstić information content (AvgIpc) is 2.55. The molecule has 0 aromatic heterocycles. The number of carbonyl (C=O) groups excluding carboxylic acids is 1. The molecule has 0 aliphatic heterocycles. The molecule has 3 nitrogen and oxygen atoms in total. The van der Waals surface area contributed by atoms with Crippen LogP contribution in [0.3, 0.4) is 0 Å². The number of amides is 1. The smallest absolute Gasteiger partial charge is 0.261 e. The van der Waals surface area contributed by atoms with Gasteiger partial charge in [0.05, 0.1) is 0 Å². The molecule has 0 spiro atoms. The van der Waals surface area contributed by atoms with E-state index in [1.54, 1.807) is 0 Å². The normalized spacial score (nSPS) is 12.8. The van der Waals surface area contributed by atoms with E-state index in [2.05, 4.69) is 32.2 Å². The third-order valence-electron chi connectivity index (χ3n) is 3.60. The summed E-state index contributed by atoms with van der Waals surface area (Å²) in [5.74, 6) is 1.60. The highest BCUT2D eigenvalue weighted by atomic mass is 32.2. The highest BCUT2D eigenvalue weighted by molar-refractivity contribution is 8.00. The van der Waals surface area contributed by atoms with Crippen molar-refractivity contribution in [1.82, 2.24) is 5.32 Å². The van der Waals surface area contributed by atoms with Gasteiger partial charge in [-0.05, 0) is 29.3 Å². The first-order chi connectivity index (χ1) is 11.4. The van der Waals surface area contributed by atoms with Gasteiger partial charge in [0.25, 0.3) is 5.91 Å². The molecule has 1 unspecified atom stereocenters. The Morgan fingerprint density at radius 1 is 1.17 bits per heavy atom. The number of ether oxygens (including phenoxy) is 1. The van der Waals surface area contributed by atoms with E-state index in [9.17, 15) is 4.79 Å². The molecule has 1 N–H and O–H groups in total. The van der Waals surface area contributed by atoms with Gasteiger partial charge in [-0.2, -0.15) is 11.8 Å². The van der Waals surface area contributed by atoms with Crippen molar-refractivity contribution in [1.29, 1.82) is 0 Å². The van der Waals surface area contributed by atoms with Crippen LogP contribution >= 0.6 is 11.8 Å². The van der Waals surface area contributed by atoms with Crippen LogP contribution in [0.4, 0.5) is 0 Å². The zero-order valence-electron chi connectivity index (χ0n) is 15.0. The molecular weight excluding hydrogens is 318 g/mol. The lowest BCUT2D eigenvalue weighted by Gasteiger charge is -2.20. The number of rotatable bonds is 7. The van der Waals surface area contributed by atoms with Crippen molar-refractivity contribution in [2.24, 2.45) is 0 Å². The number of fused-ring (bicyclic) bond motifs is 1. The van der Waals surface area contributed by atoms with Crippen molar-refractivity contribution in [3.8, 4) is 5.75 Å². The molecule has 2 aromatic carbocycles. The van der Waals surface area contributed by atoms with E-state index in [-0.39, 0.29) is 10.7 Å². The van der Waals surface area contributed by atoms with Gasteiger partial charge in [-0.1, -0.05) is 58.0 Å². The van der Waals surface area contributed by atoms with Crippen molar-refractivity contribution >= 4 is 28.4 Å². The summed E-state index contributed by atoms with van der Waals surface area (Å²) in [5, 5.41) is 5.26. The van der Waals surface area contributed by atoms with Gasteiger partial charge in [0.1, 0.15) is 5.75 Å². The molecule has 0 bridgehead atoms. The minimum absolute atomic E-state index is 0.0415. The van der Waals surface area contributed by atoms with Gasteiger partial charge in [0.2, 0.25) is 0 Å². The number of thioether (sulfide) groups is 1. The lowest BCUT2D eigenvalue weighted by atomic mass is 10.1. The third kappa shape index (κ3) is 5.75. The minimum atomic E-state index is -0.453. The number of nitrogens with one attached hydrogen (secondary N) is 1. The van der Waals surface area contributed by atoms with Gasteiger partial charge in [0, 0.05) is 17.0 Å². The summed E-state index contributed by atoms with van der Waals surface area (Å²) in [4.78, 5) is 12.3. The molecule has 0 fully saturated rings. The molecule has 130 valence electrons. The van der Waals surface area contributed by atoms with E-state index in [0.717, 1.165) is 16.9 Å². The third-order valence-corrected chi connectivity index (χ3v) is 4.87. The second-order valence-electron chi connectivity index (χ2n) is 6.78. The minimum Gasteiger partial charge on any atom is -0.481 e. The summed E-state index contributed by atoms with van der Waals surface area (Å²) < 4.78 is 6.13. The Morgan fingerprint density at radius 2 is 1.88 bits per heavy atom. The molecule has 0 heterocycles. The van der Waals surface area contributed by atoms with E-state index >= 15 is 0 Å². The summed E-state index contributed by atoms with van der Waals surface area (Å²) in [6, 6.07) is 14.1. The molecule has 0 radical (unpaired) electrons. The van der Waals surface area contributed by atoms with Crippen LogP contribution in [0.5, 0.6) is 5.75 Å². The van der Waals surface area contributed by atoms with Crippen LogP contribution in [0.15, 0.2) is 42.5 Å². The van der Waals surface area contributed by atoms with Crippen molar-refractivity contribution in [2.75, 3.05) is 12.3 Å². The van der Waals surface area contributed by atoms with E-state index in [1.165, 1.54) is 5.39 Å². The van der Waals surface area contributed by atoms with Gasteiger partial charge in [-0.15, -0.1) is 0 Å². The quantitative estimate of drug-likeness (QED) is 0.743. The van der Waals surface area contributed by atoms with Crippen LogP contribution < -0.4 is 10.1 Å². The fraction of sp³-hybridized carbons (Fsp3) is 0.450. The molecule has 2 aromatic rings. The monoisotopic (exact) mass is 345 g/mol. The topological polar surface area (TPSA) is 38.3 Å². The summed E-state index contributed by atoms with van der Waals surface area (Å²) in [5.41, 5.74) is 0. The fourth-order valence-electron chi connectivity index (χ4n) is 2.37. The highest BCUT2D eigenvalue weighted by Gasteiger charge is 2.18. The summed E-state index contributed by atoms with van der Waals surface area (Å²) >= 11 is 1.84. The Kier molecular flexibility index (Phi) is 6.55. The molecule has 0 saturated heterocycles. The molecule has 1 amide bonds. The number of benzene rings is 2. The van der Waals surface area contributed by atoms with E-state index in [0.29, 0.717) is 13.0 Å². The molecule has 2 rings (SSSR count). The molecule has 24 heavy (non-hydrogen) atoms. The zero-order valence-corrected chi connectivity index (χ0v) is 15.8. The standard InChI is InChI=1S/C20H27NO2S/c1-5-18(19(22)21-12-13-24-20(2,3)4)23-17-11-10-15-8-6-7-9-16(15)14-17/h6-11,14,18H,5,12-13H2,1-4H3,(H,21,22). The maximum atomic E-state index is 12.3. The highest BCUT2D eigenvalue weighted by Crippen LogP contribution is 2.23. The SMILES string of the molecule is CCC(Oc1ccc2ccccc2c1)C(=O)NCCSC(C)(C)C. The van der Waals surface area contributed by atoms with Crippen molar-refractivity contribution in [3.05, 3.63) is 42.5 Å². The van der Waals surface area contributed by atoms with Gasteiger partial charge in [-0.3, -0.25) is 4.79 Å². The maximum Gasteiger partial charge on any atom is 0.261 e. The molecule has 0 saturated carbocycles. The Hall–Kier alpha value is -1.68. The van der Waals surface area contributed by atoms with E-state index in [1.807, 2.05) is 55.1 Å². The van der Waals surface area contributed by atoms with Crippen LogP contribution in [0.1, 0.15) is 34.1 Å². The molecular formula is C20H27NO2S. The first kappa shape index (κ1) is 18.7. The summed E-state index contributed by atoms with van der Waals surface area (Å²) in [6.07, 6.45) is 0.191. The van der Waals surface area contributed by atoms with Gasteiger partial charge in [0.15, 0.2) is 6.10 Å². The van der Waals surface area contributed by atoms with E-state index < -0.39 is 6.10 Å². The lowest BCUT2D eigenvalue weighted by Crippen LogP contribution is -2.39. The first-order valence-corrected chi connectivity index (χ1v) is 9.45. The Labute approximate surface area is 149 Å². The maximum absolute atomic E-state index is 12.3. The lowest BCUT2D eigenvalue weighted by molar-refractivity contribution is -0.127. The van der Waals surface area contributed by atoms with Crippen LogP contribution in [0.2, 0.25) is 0 Å². The van der Waals surface area contributed by atoms with E-state index in [4.69, 9.17) is 4.74 Å². The summed E-state index contributed by atoms with van der Waals surface area (Å²) in [6.45, 7) is 9.17. The number of hydrogen-bond donors (Lipinski definition) is 1. The first-order valence-electron chi connectivity index (χ1n) is 8.46. The Balaban J connectivity index is 1.91. The zero-order chi connectivity index (χ0) is 17.6. The predicted molar refractivity (Wildman–Crippen MR) is 104 cm³/mol. The fourth-order valence-corrected chi connectivity index (χ4v) is 3.19. The van der Waals surface area contributed by atoms with Crippen molar-refractivity contribution in [2.45, 2.75) is 45.0 Å². The second kappa shape index (κ2) is 8.43. The predicted octanol–water partition coefficient (Wildman–Crippen LogP) is 4.65. The van der Waals surface area contributed by atoms with Gasteiger partial charge in [-0.25, -0.2) is 0 Å². The molecule has 0 aliphatic rings. The Morgan fingerprint density at radius 3 is 2.54 bits per heavy atom. The molecule has 4 heteroatoms. The molecule has 1 atom stereocenters. The van der Waals surface area contributed by atoms with Gasteiger partial charge >= 0.3 is 0 Å². The van der Waals surface area contributed by atoms with Crippen LogP contribution in [-0.4, -0.2) is 29.1 Å². The second-order valence-corrected chi connectivity index (χ2v) is 8.70. The number of hydrogen-bond acceptors (Lipinski definition) is 3. The van der Waals surface area contributed by atoms with Crippen LogP contribution in [-0.2, 0) is 4.79 Å². The largest absolute Gasteiger partial charge is 0.481 e. The van der Waals surface area contributed by atoms with Crippen molar-refractivity contribution < 1.29 is 9.53 Å². The van der Waals surface area contributed by atoms with Crippen LogP contribution in [0.25, 0.3) is 10.8 Å². The van der Waals surface area contributed by atoms with Crippen LogP contribution in [0, 0.1) is 0 Å². The van der Waals surface area contributed by atoms with Gasteiger partial charge < -0.3 is 10.1 Å². The molecule has 0 aliphatic carbocycles.